The van der Waals surface area contributed by atoms with Gasteiger partial charge in [-0.3, -0.25) is 4.79 Å². The van der Waals surface area contributed by atoms with E-state index in [0.717, 1.165) is 34.2 Å². The van der Waals surface area contributed by atoms with Gasteiger partial charge in [0, 0.05) is 6.42 Å². The predicted molar refractivity (Wildman–Crippen MR) is 90.3 cm³/mol. The van der Waals surface area contributed by atoms with Crippen molar-refractivity contribution in [1.29, 1.82) is 0 Å². The molecule has 118 valence electrons. The van der Waals surface area contributed by atoms with Crippen molar-refractivity contribution in [2.45, 2.75) is 32.7 Å². The molecule has 4 heteroatoms. The summed E-state index contributed by atoms with van der Waals surface area (Å²) in [5, 5.41) is 13.5. The SMILES string of the molecule is CCCCC(=O)c1c2ccccc2n(Cc2ccccc2)[n+]1[O-]. The molecule has 0 aliphatic heterocycles. The smallest absolute Gasteiger partial charge is 0.294 e. The van der Waals surface area contributed by atoms with Gasteiger partial charge < -0.3 is 5.21 Å². The largest absolute Gasteiger partial charge is 0.595 e. The van der Waals surface area contributed by atoms with Crippen LogP contribution in [0.2, 0.25) is 0 Å². The second kappa shape index (κ2) is 6.65. The van der Waals surface area contributed by atoms with Gasteiger partial charge in [-0.1, -0.05) is 60.7 Å². The van der Waals surface area contributed by atoms with E-state index in [9.17, 15) is 10.0 Å². The topological polar surface area (TPSA) is 48.9 Å². The molecular formula is C19H20N2O2. The fourth-order valence-corrected chi connectivity index (χ4v) is 2.84. The van der Waals surface area contributed by atoms with Gasteiger partial charge in [-0.25, -0.2) is 0 Å². The minimum absolute atomic E-state index is 0.0788. The van der Waals surface area contributed by atoms with Crippen LogP contribution in [0.5, 0.6) is 0 Å². The summed E-state index contributed by atoms with van der Waals surface area (Å²) in [7, 11) is 0. The first-order valence-electron chi connectivity index (χ1n) is 8.00. The van der Waals surface area contributed by atoms with E-state index in [1.165, 1.54) is 0 Å². The normalized spacial score (nSPS) is 11.0. The minimum atomic E-state index is -0.0788. The lowest BCUT2D eigenvalue weighted by atomic mass is 10.1. The Bertz CT molecular complexity index is 822. The summed E-state index contributed by atoms with van der Waals surface area (Å²) in [6, 6.07) is 17.3. The van der Waals surface area contributed by atoms with Crippen molar-refractivity contribution in [3.63, 3.8) is 0 Å². The van der Waals surface area contributed by atoms with Crippen LogP contribution in [0.1, 0.15) is 42.2 Å². The first-order valence-corrected chi connectivity index (χ1v) is 8.00. The number of aromatic nitrogens is 2. The number of unbranched alkanes of at least 4 members (excludes halogenated alkanes) is 1. The van der Waals surface area contributed by atoms with Gasteiger partial charge in [-0.2, -0.15) is 0 Å². The highest BCUT2D eigenvalue weighted by molar-refractivity contribution is 6.04. The molecule has 3 rings (SSSR count). The highest BCUT2D eigenvalue weighted by Gasteiger charge is 2.26. The molecule has 2 aromatic carbocycles. The summed E-state index contributed by atoms with van der Waals surface area (Å²) in [5.41, 5.74) is 2.10. The summed E-state index contributed by atoms with van der Waals surface area (Å²) in [5.74, 6) is -0.0788. The van der Waals surface area contributed by atoms with Gasteiger partial charge in [-0.05, 0) is 24.1 Å². The van der Waals surface area contributed by atoms with Crippen LogP contribution in [0, 0.1) is 5.21 Å². The number of benzene rings is 2. The maximum absolute atomic E-state index is 12.8. The van der Waals surface area contributed by atoms with Gasteiger partial charge >= 0.3 is 0 Å². The van der Waals surface area contributed by atoms with E-state index < -0.39 is 0 Å². The summed E-state index contributed by atoms with van der Waals surface area (Å²) in [6.45, 7) is 2.49. The lowest BCUT2D eigenvalue weighted by Gasteiger charge is -2.06. The molecule has 0 aliphatic rings. The molecule has 0 spiro atoms. The maximum atomic E-state index is 12.8. The Morgan fingerprint density at radius 2 is 1.78 bits per heavy atom. The summed E-state index contributed by atoms with van der Waals surface area (Å²) < 4.78 is 1.63. The number of carbonyl (C=O) groups is 1. The molecule has 0 saturated heterocycles. The second-order valence-corrected chi connectivity index (χ2v) is 5.71. The first kappa shape index (κ1) is 15.3. The molecule has 0 saturated carbocycles. The summed E-state index contributed by atoms with van der Waals surface area (Å²) in [4.78, 5) is 13.2. The number of para-hydroxylation sites is 1. The molecular weight excluding hydrogens is 288 g/mol. The van der Waals surface area contributed by atoms with Crippen molar-refractivity contribution < 1.29 is 9.64 Å². The quantitative estimate of drug-likeness (QED) is 0.396. The second-order valence-electron chi connectivity index (χ2n) is 5.71. The molecule has 1 heterocycles. The van der Waals surface area contributed by atoms with Crippen molar-refractivity contribution in [3.05, 3.63) is 71.1 Å². The van der Waals surface area contributed by atoms with Gasteiger partial charge in [0.05, 0.1) is 5.39 Å². The number of carbonyl (C=O) groups excluding carboxylic acids is 1. The van der Waals surface area contributed by atoms with Crippen LogP contribution in [0.4, 0.5) is 0 Å². The van der Waals surface area contributed by atoms with E-state index in [1.54, 1.807) is 4.68 Å². The number of nitrogens with zero attached hydrogens (tertiary/aromatic N) is 2. The zero-order valence-corrected chi connectivity index (χ0v) is 13.2. The third-order valence-corrected chi connectivity index (χ3v) is 4.04. The van der Waals surface area contributed by atoms with Crippen molar-refractivity contribution in [2.75, 3.05) is 0 Å². The van der Waals surface area contributed by atoms with Crippen LogP contribution in [0.25, 0.3) is 10.9 Å². The molecule has 0 atom stereocenters. The minimum Gasteiger partial charge on any atom is -0.595 e. The summed E-state index contributed by atoms with van der Waals surface area (Å²) in [6.07, 6.45) is 2.16. The molecule has 0 bridgehead atoms. The van der Waals surface area contributed by atoms with Crippen molar-refractivity contribution in [1.82, 2.24) is 4.68 Å². The number of Topliss-reactive ketones (excluding diaryl/α,β-unsaturated/α-hetero) is 1. The van der Waals surface area contributed by atoms with Gasteiger partial charge in [-0.15, -0.1) is 4.68 Å². The molecule has 4 nitrogen and oxygen atoms in total. The zero-order chi connectivity index (χ0) is 16.2. The Hall–Kier alpha value is -2.62. The standard InChI is InChI=1S/C19H20N2O2/c1-2-3-13-18(22)19-16-11-7-8-12-17(16)20(21(19)23)14-15-9-5-4-6-10-15/h4-12H,2-3,13-14H2,1H3. The molecule has 0 amide bonds. The number of hydrogen-bond acceptors (Lipinski definition) is 2. The third-order valence-electron chi connectivity index (χ3n) is 4.04. The Morgan fingerprint density at radius 3 is 2.52 bits per heavy atom. The van der Waals surface area contributed by atoms with Crippen LogP contribution in [-0.2, 0) is 6.54 Å². The number of hydrogen-bond donors (Lipinski definition) is 0. The van der Waals surface area contributed by atoms with Gasteiger partial charge in [0.15, 0.2) is 0 Å². The Balaban J connectivity index is 2.08. The average Bonchev–Trinajstić information content (AvgIpc) is 2.86. The molecule has 0 aliphatic carbocycles. The maximum Gasteiger partial charge on any atom is 0.294 e. The van der Waals surface area contributed by atoms with Crippen molar-refractivity contribution in [2.24, 2.45) is 0 Å². The van der Waals surface area contributed by atoms with E-state index in [2.05, 4.69) is 0 Å². The number of ketones is 1. The van der Waals surface area contributed by atoms with Gasteiger partial charge in [0.25, 0.3) is 5.69 Å². The van der Waals surface area contributed by atoms with Crippen molar-refractivity contribution in [3.8, 4) is 0 Å². The van der Waals surface area contributed by atoms with Gasteiger partial charge in [0.2, 0.25) is 5.78 Å². The van der Waals surface area contributed by atoms with Crippen LogP contribution >= 0.6 is 0 Å². The van der Waals surface area contributed by atoms with E-state index in [1.807, 2.05) is 61.5 Å². The monoisotopic (exact) mass is 308 g/mol. The predicted octanol–water partition coefficient (Wildman–Crippen LogP) is 3.70. The molecule has 0 N–H and O–H groups in total. The van der Waals surface area contributed by atoms with E-state index >= 15 is 0 Å². The average molecular weight is 308 g/mol. The molecule has 23 heavy (non-hydrogen) atoms. The fraction of sp³-hybridized carbons (Fsp3) is 0.263. The number of rotatable bonds is 6. The third kappa shape index (κ3) is 2.97. The fourth-order valence-electron chi connectivity index (χ4n) is 2.84. The molecule has 3 aromatic rings. The highest BCUT2D eigenvalue weighted by atomic mass is 16.5. The lowest BCUT2D eigenvalue weighted by molar-refractivity contribution is -0.692. The van der Waals surface area contributed by atoms with Gasteiger partial charge in [0.1, 0.15) is 12.1 Å². The Kier molecular flexibility index (Phi) is 4.42. The Morgan fingerprint density at radius 1 is 1.09 bits per heavy atom. The van der Waals surface area contributed by atoms with Crippen LogP contribution in [0.15, 0.2) is 54.6 Å². The molecule has 0 unspecified atom stereocenters. The highest BCUT2D eigenvalue weighted by Crippen LogP contribution is 2.20. The van der Waals surface area contributed by atoms with Crippen LogP contribution < -0.4 is 4.85 Å². The zero-order valence-electron chi connectivity index (χ0n) is 13.2. The van der Waals surface area contributed by atoms with E-state index in [0.29, 0.717) is 13.0 Å². The number of fused-ring (bicyclic) bond motifs is 1. The molecule has 0 fully saturated rings. The lowest BCUT2D eigenvalue weighted by Crippen LogP contribution is -2.42. The Labute approximate surface area is 135 Å². The van der Waals surface area contributed by atoms with Crippen LogP contribution in [-0.4, -0.2) is 10.5 Å². The van der Waals surface area contributed by atoms with E-state index in [-0.39, 0.29) is 11.5 Å². The molecule has 0 radical (unpaired) electrons. The summed E-state index contributed by atoms with van der Waals surface area (Å²) >= 11 is 0. The van der Waals surface area contributed by atoms with E-state index in [4.69, 9.17) is 0 Å². The first-order chi connectivity index (χ1) is 11.2. The van der Waals surface area contributed by atoms with Crippen LogP contribution in [0.3, 0.4) is 0 Å². The molecule has 1 aromatic heterocycles. The van der Waals surface area contributed by atoms with Crippen molar-refractivity contribution >= 4 is 16.7 Å².